The number of nitrogens with zero attached hydrogens (tertiary/aromatic N) is 3. The summed E-state index contributed by atoms with van der Waals surface area (Å²) in [6.45, 7) is 3.38. The van der Waals surface area contributed by atoms with Crippen molar-refractivity contribution in [2.45, 2.75) is 20.4 Å². The molecule has 1 aromatic carbocycles. The van der Waals surface area contributed by atoms with Gasteiger partial charge in [-0.05, 0) is 19.4 Å². The van der Waals surface area contributed by atoms with Crippen molar-refractivity contribution in [2.24, 2.45) is 5.10 Å². The monoisotopic (exact) mass is 274 g/mol. The summed E-state index contributed by atoms with van der Waals surface area (Å²) in [6.07, 6.45) is 0. The number of rotatable bonds is 3. The number of aromatic amines is 1. The Morgan fingerprint density at radius 3 is 2.35 bits per heavy atom. The minimum absolute atomic E-state index is 0.0770. The van der Waals surface area contributed by atoms with E-state index >= 15 is 0 Å². The molecule has 1 N–H and O–H groups in total. The zero-order valence-corrected chi connectivity index (χ0v) is 11.2. The van der Waals surface area contributed by atoms with E-state index in [1.165, 1.54) is 0 Å². The van der Waals surface area contributed by atoms with Crippen LogP contribution in [0.5, 0.6) is 0 Å². The second kappa shape index (κ2) is 5.52. The molecule has 1 aromatic heterocycles. The fourth-order valence-electron chi connectivity index (χ4n) is 1.69. The van der Waals surface area contributed by atoms with Gasteiger partial charge < -0.3 is 0 Å². The molecule has 2 rings (SSSR count). The third-order valence-corrected chi connectivity index (χ3v) is 2.55. The van der Waals surface area contributed by atoms with Crippen molar-refractivity contribution in [3.05, 3.63) is 67.3 Å². The smallest absolute Gasteiger partial charge is 0.257 e. The van der Waals surface area contributed by atoms with Gasteiger partial charge in [0, 0.05) is 5.71 Å². The van der Waals surface area contributed by atoms with E-state index in [2.05, 4.69) is 10.1 Å². The Kier molecular flexibility index (Phi) is 3.79. The van der Waals surface area contributed by atoms with Crippen molar-refractivity contribution in [1.82, 2.24) is 14.2 Å². The molecule has 0 bridgehead atoms. The summed E-state index contributed by atoms with van der Waals surface area (Å²) in [6, 6.07) is 9.02. The van der Waals surface area contributed by atoms with Crippen LogP contribution in [-0.4, -0.2) is 19.9 Å². The Hall–Kier alpha value is -2.70. The molecule has 2 aromatic rings. The predicted molar refractivity (Wildman–Crippen MR) is 75.3 cm³/mol. The van der Waals surface area contributed by atoms with Gasteiger partial charge in [0.05, 0.1) is 6.54 Å². The highest BCUT2D eigenvalue weighted by Gasteiger charge is 2.09. The van der Waals surface area contributed by atoms with E-state index in [1.54, 1.807) is 38.1 Å². The van der Waals surface area contributed by atoms with Gasteiger partial charge in [0.1, 0.15) is 0 Å². The lowest BCUT2D eigenvalue weighted by molar-refractivity contribution is 0.577. The minimum Gasteiger partial charge on any atom is -0.257 e. The standard InChI is InChI=1S/C13H14N4O3/c1-9(2)15-17-12(19)14-11(18)16(13(17)20)8-10-6-4-3-5-7-10/h3-7H,8H2,1-2H3,(H,14,18,19). The fraction of sp³-hybridized carbons (Fsp3) is 0.231. The first-order valence-corrected chi connectivity index (χ1v) is 6.01. The fourth-order valence-corrected chi connectivity index (χ4v) is 1.69. The number of hydrogen-bond donors (Lipinski definition) is 1. The maximum atomic E-state index is 12.1. The Morgan fingerprint density at radius 2 is 1.75 bits per heavy atom. The lowest BCUT2D eigenvalue weighted by Crippen LogP contribution is -2.48. The number of benzene rings is 1. The van der Waals surface area contributed by atoms with Crippen LogP contribution < -0.4 is 17.1 Å². The highest BCUT2D eigenvalue weighted by molar-refractivity contribution is 5.78. The summed E-state index contributed by atoms with van der Waals surface area (Å²) in [7, 11) is 0. The lowest BCUT2D eigenvalue weighted by Gasteiger charge is -2.06. The van der Waals surface area contributed by atoms with Gasteiger partial charge in [-0.3, -0.25) is 4.98 Å². The van der Waals surface area contributed by atoms with E-state index in [4.69, 9.17) is 0 Å². The first-order valence-electron chi connectivity index (χ1n) is 6.01. The van der Waals surface area contributed by atoms with Crippen LogP contribution in [0.3, 0.4) is 0 Å². The highest BCUT2D eigenvalue weighted by Crippen LogP contribution is 1.98. The van der Waals surface area contributed by atoms with Gasteiger partial charge in [-0.2, -0.15) is 5.10 Å². The number of nitrogens with one attached hydrogen (secondary N) is 1. The SMILES string of the molecule is CC(C)=Nn1c(=O)[nH]c(=O)n(Cc2ccccc2)c1=O. The molecule has 1 heterocycles. The molecule has 0 saturated carbocycles. The maximum Gasteiger partial charge on any atom is 0.357 e. The number of hydrogen-bond acceptors (Lipinski definition) is 4. The highest BCUT2D eigenvalue weighted by atomic mass is 16.2. The summed E-state index contributed by atoms with van der Waals surface area (Å²) in [5, 5.41) is 3.82. The van der Waals surface area contributed by atoms with Gasteiger partial charge in [0.25, 0.3) is 0 Å². The molecule has 0 amide bonds. The third kappa shape index (κ3) is 2.82. The lowest BCUT2D eigenvalue weighted by atomic mass is 10.2. The van der Waals surface area contributed by atoms with Crippen molar-refractivity contribution in [3.8, 4) is 0 Å². The molecule has 0 unspecified atom stereocenters. The molecule has 0 radical (unpaired) electrons. The number of H-pyrrole nitrogens is 1. The van der Waals surface area contributed by atoms with Crippen molar-refractivity contribution in [3.63, 3.8) is 0 Å². The molecule has 20 heavy (non-hydrogen) atoms. The average Bonchev–Trinajstić information content (AvgIpc) is 2.40. The van der Waals surface area contributed by atoms with E-state index in [0.29, 0.717) is 10.4 Å². The Labute approximate surface area is 113 Å². The first kappa shape index (κ1) is 13.7. The summed E-state index contributed by atoms with van der Waals surface area (Å²) in [5.41, 5.74) is -1.04. The molecule has 0 saturated heterocycles. The predicted octanol–water partition coefficient (Wildman–Crippen LogP) is -0.00950. The van der Waals surface area contributed by atoms with Gasteiger partial charge in [-0.15, -0.1) is 4.68 Å². The van der Waals surface area contributed by atoms with E-state index in [1.807, 2.05) is 6.07 Å². The molecule has 7 nitrogen and oxygen atoms in total. The maximum absolute atomic E-state index is 12.1. The Bertz CT molecular complexity index is 808. The summed E-state index contributed by atoms with van der Waals surface area (Å²) >= 11 is 0. The average molecular weight is 274 g/mol. The van der Waals surface area contributed by atoms with Gasteiger partial charge in [-0.1, -0.05) is 30.3 Å². The Morgan fingerprint density at radius 1 is 1.10 bits per heavy atom. The van der Waals surface area contributed by atoms with E-state index < -0.39 is 17.1 Å². The molecule has 0 atom stereocenters. The molecule has 0 aliphatic heterocycles. The quantitative estimate of drug-likeness (QED) is 0.798. The minimum atomic E-state index is -0.842. The van der Waals surface area contributed by atoms with Gasteiger partial charge in [-0.25, -0.2) is 19.0 Å². The van der Waals surface area contributed by atoms with Gasteiger partial charge in [0.15, 0.2) is 0 Å². The van der Waals surface area contributed by atoms with Gasteiger partial charge in [0.2, 0.25) is 0 Å². The van der Waals surface area contributed by atoms with E-state index in [9.17, 15) is 14.4 Å². The van der Waals surface area contributed by atoms with Crippen molar-refractivity contribution >= 4 is 5.71 Å². The third-order valence-electron chi connectivity index (χ3n) is 2.55. The summed E-state index contributed by atoms with van der Waals surface area (Å²) in [4.78, 5) is 37.6. The summed E-state index contributed by atoms with van der Waals surface area (Å²) < 4.78 is 1.59. The molecule has 0 aliphatic carbocycles. The van der Waals surface area contributed by atoms with Crippen LogP contribution in [0.4, 0.5) is 0 Å². The van der Waals surface area contributed by atoms with E-state index in [-0.39, 0.29) is 6.54 Å². The van der Waals surface area contributed by atoms with Crippen LogP contribution in [-0.2, 0) is 6.54 Å². The zero-order chi connectivity index (χ0) is 14.7. The van der Waals surface area contributed by atoms with Crippen LogP contribution >= 0.6 is 0 Å². The molecule has 0 spiro atoms. The second-order valence-electron chi connectivity index (χ2n) is 4.45. The number of aromatic nitrogens is 3. The van der Waals surface area contributed by atoms with Crippen LogP contribution in [0.2, 0.25) is 0 Å². The van der Waals surface area contributed by atoms with E-state index in [0.717, 1.165) is 10.1 Å². The Balaban J connectivity index is 2.60. The first-order chi connectivity index (χ1) is 9.49. The largest absolute Gasteiger partial charge is 0.357 e. The molecule has 7 heteroatoms. The second-order valence-corrected chi connectivity index (χ2v) is 4.45. The topological polar surface area (TPSA) is 89.2 Å². The van der Waals surface area contributed by atoms with Crippen molar-refractivity contribution in [1.29, 1.82) is 0 Å². The van der Waals surface area contributed by atoms with Crippen LogP contribution in [0.25, 0.3) is 0 Å². The van der Waals surface area contributed by atoms with Gasteiger partial charge >= 0.3 is 17.1 Å². The van der Waals surface area contributed by atoms with Crippen LogP contribution in [0.1, 0.15) is 19.4 Å². The molecular weight excluding hydrogens is 260 g/mol. The molecule has 0 aliphatic rings. The zero-order valence-electron chi connectivity index (χ0n) is 11.2. The summed E-state index contributed by atoms with van der Waals surface area (Å²) in [5.74, 6) is 0. The molecule has 104 valence electrons. The van der Waals surface area contributed by atoms with Crippen LogP contribution in [0, 0.1) is 0 Å². The normalized spacial score (nSPS) is 10.3. The van der Waals surface area contributed by atoms with Crippen LogP contribution in [0.15, 0.2) is 49.8 Å². The molecule has 0 fully saturated rings. The van der Waals surface area contributed by atoms with Crippen molar-refractivity contribution in [2.75, 3.05) is 0 Å². The van der Waals surface area contributed by atoms with Crippen molar-refractivity contribution < 1.29 is 0 Å². The molecular formula is C13H14N4O3.